The predicted molar refractivity (Wildman–Crippen MR) is 61.0 cm³/mol. The second-order valence-corrected chi connectivity index (χ2v) is 4.70. The number of carbonyl (C=O) groups excluding carboxylic acids is 1. The summed E-state index contributed by atoms with van der Waals surface area (Å²) in [5, 5.41) is 4.90. The number of aryl methyl sites for hydroxylation is 1. The van der Waals surface area contributed by atoms with E-state index in [-0.39, 0.29) is 11.9 Å². The first-order chi connectivity index (χ1) is 6.56. The Morgan fingerprint density at radius 1 is 1.57 bits per heavy atom. The molecule has 0 aliphatic rings. The summed E-state index contributed by atoms with van der Waals surface area (Å²) in [5.74, 6) is 0.0567. The normalized spacial score (nSPS) is 12.6. The maximum Gasteiger partial charge on any atom is 0.252 e. The SMILES string of the molecule is CCC(C)NC(=O)c1csc(C)c1C. The lowest BCUT2D eigenvalue weighted by atomic mass is 10.1. The molecule has 0 saturated carbocycles. The molecular weight excluding hydrogens is 194 g/mol. The van der Waals surface area contributed by atoms with Gasteiger partial charge < -0.3 is 5.32 Å². The van der Waals surface area contributed by atoms with E-state index in [4.69, 9.17) is 0 Å². The molecule has 1 atom stereocenters. The first kappa shape index (κ1) is 11.2. The third-order valence-electron chi connectivity index (χ3n) is 2.52. The quantitative estimate of drug-likeness (QED) is 0.818. The van der Waals surface area contributed by atoms with Crippen LogP contribution in [0.15, 0.2) is 5.38 Å². The van der Waals surface area contributed by atoms with Gasteiger partial charge in [0, 0.05) is 16.3 Å². The fourth-order valence-electron chi connectivity index (χ4n) is 1.14. The van der Waals surface area contributed by atoms with Crippen molar-refractivity contribution >= 4 is 17.2 Å². The zero-order valence-corrected chi connectivity index (χ0v) is 9.99. The third-order valence-corrected chi connectivity index (χ3v) is 3.53. The van der Waals surface area contributed by atoms with Gasteiger partial charge in [-0.2, -0.15) is 0 Å². The van der Waals surface area contributed by atoms with Gasteiger partial charge in [-0.05, 0) is 32.8 Å². The van der Waals surface area contributed by atoms with Crippen LogP contribution >= 0.6 is 11.3 Å². The first-order valence-electron chi connectivity index (χ1n) is 4.91. The topological polar surface area (TPSA) is 29.1 Å². The van der Waals surface area contributed by atoms with Crippen molar-refractivity contribution in [3.05, 3.63) is 21.4 Å². The molecule has 0 fully saturated rings. The Morgan fingerprint density at radius 3 is 2.64 bits per heavy atom. The van der Waals surface area contributed by atoms with Crippen LogP contribution in [0.3, 0.4) is 0 Å². The summed E-state index contributed by atoms with van der Waals surface area (Å²) in [6, 6.07) is 0.252. The molecule has 0 saturated heterocycles. The molecule has 0 aromatic carbocycles. The van der Waals surface area contributed by atoms with Gasteiger partial charge in [-0.15, -0.1) is 11.3 Å². The summed E-state index contributed by atoms with van der Waals surface area (Å²) >= 11 is 1.63. The number of amides is 1. The van der Waals surface area contributed by atoms with E-state index < -0.39 is 0 Å². The van der Waals surface area contributed by atoms with Crippen LogP contribution in [0.4, 0.5) is 0 Å². The zero-order valence-electron chi connectivity index (χ0n) is 9.18. The van der Waals surface area contributed by atoms with Crippen LogP contribution in [-0.4, -0.2) is 11.9 Å². The molecule has 0 radical (unpaired) electrons. The van der Waals surface area contributed by atoms with Crippen LogP contribution in [0.1, 0.15) is 41.1 Å². The molecule has 1 unspecified atom stereocenters. The number of nitrogens with one attached hydrogen (secondary N) is 1. The van der Waals surface area contributed by atoms with Gasteiger partial charge in [0.1, 0.15) is 0 Å². The molecule has 2 nitrogen and oxygen atoms in total. The maximum absolute atomic E-state index is 11.7. The largest absolute Gasteiger partial charge is 0.350 e. The standard InChI is InChI=1S/C11H17NOS/c1-5-7(2)12-11(13)10-6-14-9(4)8(10)3/h6-7H,5H2,1-4H3,(H,12,13). The molecule has 1 aromatic heterocycles. The molecule has 78 valence electrons. The summed E-state index contributed by atoms with van der Waals surface area (Å²) in [5.41, 5.74) is 1.93. The van der Waals surface area contributed by atoms with Gasteiger partial charge in [-0.25, -0.2) is 0 Å². The molecular formula is C11H17NOS. The van der Waals surface area contributed by atoms with Crippen molar-refractivity contribution < 1.29 is 4.79 Å². The van der Waals surface area contributed by atoms with E-state index in [1.54, 1.807) is 11.3 Å². The maximum atomic E-state index is 11.7. The molecule has 3 heteroatoms. The van der Waals surface area contributed by atoms with Crippen LogP contribution in [0.25, 0.3) is 0 Å². The summed E-state index contributed by atoms with van der Waals surface area (Å²) in [6.07, 6.45) is 0.966. The van der Waals surface area contributed by atoms with Crippen LogP contribution in [0, 0.1) is 13.8 Å². The van der Waals surface area contributed by atoms with Crippen molar-refractivity contribution in [2.75, 3.05) is 0 Å². The third kappa shape index (κ3) is 2.35. The zero-order chi connectivity index (χ0) is 10.7. The Morgan fingerprint density at radius 2 is 2.21 bits per heavy atom. The lowest BCUT2D eigenvalue weighted by Gasteiger charge is -2.10. The van der Waals surface area contributed by atoms with E-state index in [0.29, 0.717) is 0 Å². The van der Waals surface area contributed by atoms with Gasteiger partial charge >= 0.3 is 0 Å². The summed E-state index contributed by atoms with van der Waals surface area (Å²) in [7, 11) is 0. The Bertz CT molecular complexity index is 330. The van der Waals surface area contributed by atoms with Gasteiger partial charge in [-0.3, -0.25) is 4.79 Å². The van der Waals surface area contributed by atoms with Crippen LogP contribution < -0.4 is 5.32 Å². The molecule has 0 bridgehead atoms. The predicted octanol–water partition coefficient (Wildman–Crippen LogP) is 2.89. The van der Waals surface area contributed by atoms with Crippen LogP contribution in [0.5, 0.6) is 0 Å². The van der Waals surface area contributed by atoms with E-state index in [2.05, 4.69) is 12.2 Å². The van der Waals surface area contributed by atoms with Crippen molar-refractivity contribution in [2.24, 2.45) is 0 Å². The number of hydrogen-bond acceptors (Lipinski definition) is 2. The minimum absolute atomic E-state index is 0.0567. The van der Waals surface area contributed by atoms with Crippen molar-refractivity contribution in [3.8, 4) is 0 Å². The van der Waals surface area contributed by atoms with Crippen LogP contribution in [-0.2, 0) is 0 Å². The average Bonchev–Trinajstić information content (AvgIpc) is 2.47. The van der Waals surface area contributed by atoms with Crippen molar-refractivity contribution in [2.45, 2.75) is 40.2 Å². The Labute approximate surface area is 89.3 Å². The smallest absolute Gasteiger partial charge is 0.252 e. The highest BCUT2D eigenvalue weighted by Gasteiger charge is 2.13. The highest BCUT2D eigenvalue weighted by Crippen LogP contribution is 2.20. The van der Waals surface area contributed by atoms with Crippen molar-refractivity contribution in [1.29, 1.82) is 0 Å². The molecule has 1 aromatic rings. The number of hydrogen-bond donors (Lipinski definition) is 1. The molecule has 0 aliphatic heterocycles. The van der Waals surface area contributed by atoms with E-state index in [1.807, 2.05) is 26.2 Å². The second kappa shape index (κ2) is 4.60. The van der Waals surface area contributed by atoms with Gasteiger partial charge in [0.05, 0.1) is 5.56 Å². The van der Waals surface area contributed by atoms with E-state index >= 15 is 0 Å². The van der Waals surface area contributed by atoms with E-state index in [0.717, 1.165) is 17.5 Å². The van der Waals surface area contributed by atoms with Gasteiger partial charge in [0.25, 0.3) is 5.91 Å². The molecule has 0 spiro atoms. The number of carbonyl (C=O) groups is 1. The first-order valence-corrected chi connectivity index (χ1v) is 5.79. The highest BCUT2D eigenvalue weighted by atomic mass is 32.1. The number of rotatable bonds is 3. The van der Waals surface area contributed by atoms with Crippen molar-refractivity contribution in [3.63, 3.8) is 0 Å². The monoisotopic (exact) mass is 211 g/mol. The van der Waals surface area contributed by atoms with Gasteiger partial charge in [0.15, 0.2) is 0 Å². The van der Waals surface area contributed by atoms with Gasteiger partial charge in [-0.1, -0.05) is 6.92 Å². The van der Waals surface area contributed by atoms with E-state index in [1.165, 1.54) is 4.88 Å². The molecule has 14 heavy (non-hydrogen) atoms. The summed E-state index contributed by atoms with van der Waals surface area (Å²) < 4.78 is 0. The minimum atomic E-state index is 0.0567. The van der Waals surface area contributed by atoms with Crippen LogP contribution in [0.2, 0.25) is 0 Å². The number of thiophene rings is 1. The molecule has 1 amide bonds. The fraction of sp³-hybridized carbons (Fsp3) is 0.545. The molecule has 1 rings (SSSR count). The summed E-state index contributed by atoms with van der Waals surface area (Å²) in [4.78, 5) is 13.0. The second-order valence-electron chi connectivity index (χ2n) is 3.61. The van der Waals surface area contributed by atoms with Gasteiger partial charge in [0.2, 0.25) is 0 Å². The van der Waals surface area contributed by atoms with Crippen molar-refractivity contribution in [1.82, 2.24) is 5.32 Å². The lowest BCUT2D eigenvalue weighted by molar-refractivity contribution is 0.0939. The highest BCUT2D eigenvalue weighted by molar-refractivity contribution is 7.10. The Hall–Kier alpha value is -0.830. The molecule has 0 aliphatic carbocycles. The average molecular weight is 211 g/mol. The molecule has 1 heterocycles. The molecule has 1 N–H and O–H groups in total. The Balaban J connectivity index is 2.75. The Kier molecular flexibility index (Phi) is 3.69. The lowest BCUT2D eigenvalue weighted by Crippen LogP contribution is -2.32. The fourth-order valence-corrected chi connectivity index (χ4v) is 2.01. The van der Waals surface area contributed by atoms with E-state index in [9.17, 15) is 4.79 Å². The summed E-state index contributed by atoms with van der Waals surface area (Å²) in [6.45, 7) is 8.13. The minimum Gasteiger partial charge on any atom is -0.350 e.